The Hall–Kier alpha value is -2.38. The summed E-state index contributed by atoms with van der Waals surface area (Å²) in [5.41, 5.74) is 5.31. The molecule has 0 unspecified atom stereocenters. The van der Waals surface area contributed by atoms with Gasteiger partial charge in [-0.3, -0.25) is 20.2 Å². The molecule has 0 amide bonds. The zero-order chi connectivity index (χ0) is 27.3. The topological polar surface area (TPSA) is 116 Å². The van der Waals surface area contributed by atoms with Crippen LogP contribution in [0.3, 0.4) is 0 Å². The van der Waals surface area contributed by atoms with Crippen molar-refractivity contribution in [2.24, 2.45) is 0 Å². The van der Waals surface area contributed by atoms with Crippen LogP contribution in [0.5, 0.6) is 0 Å². The van der Waals surface area contributed by atoms with E-state index in [2.05, 4.69) is 6.92 Å². The first-order valence-corrected chi connectivity index (χ1v) is 14.8. The van der Waals surface area contributed by atoms with Gasteiger partial charge in [0.1, 0.15) is 11.4 Å². The van der Waals surface area contributed by atoms with Gasteiger partial charge in [-0.05, 0) is 12.5 Å². The van der Waals surface area contributed by atoms with E-state index in [1.54, 1.807) is 11.9 Å². The van der Waals surface area contributed by atoms with Gasteiger partial charge in [-0.2, -0.15) is 0 Å². The Balaban J connectivity index is 2.00. The van der Waals surface area contributed by atoms with Gasteiger partial charge in [-0.1, -0.05) is 129 Å². The van der Waals surface area contributed by atoms with Gasteiger partial charge in [0.25, 0.3) is 11.4 Å². The predicted molar refractivity (Wildman–Crippen MR) is 155 cm³/mol. The lowest BCUT2D eigenvalue weighted by Crippen LogP contribution is -2.20. The normalized spacial score (nSPS) is 11.1. The van der Waals surface area contributed by atoms with Gasteiger partial charge >= 0.3 is 0 Å². The van der Waals surface area contributed by atoms with Crippen molar-refractivity contribution < 1.29 is 9.85 Å². The highest BCUT2D eigenvalue weighted by molar-refractivity contribution is 5.75. The van der Waals surface area contributed by atoms with E-state index in [4.69, 9.17) is 5.73 Å². The van der Waals surface area contributed by atoms with Gasteiger partial charge in [-0.15, -0.1) is 0 Å². The Labute approximate surface area is 224 Å². The second-order valence-electron chi connectivity index (χ2n) is 10.6. The molecule has 0 aliphatic carbocycles. The van der Waals surface area contributed by atoms with E-state index >= 15 is 0 Å². The number of hydrogen-bond donors (Lipinski definition) is 1. The van der Waals surface area contributed by atoms with Crippen LogP contribution < -0.4 is 10.6 Å². The Morgan fingerprint density at radius 3 is 1.32 bits per heavy atom. The quantitative estimate of drug-likeness (QED) is 0.0628. The molecular formula is C29H52N4O4. The highest BCUT2D eigenvalue weighted by atomic mass is 16.6. The minimum Gasteiger partial charge on any atom is -0.393 e. The van der Waals surface area contributed by atoms with E-state index in [0.29, 0.717) is 12.2 Å². The average molecular weight is 521 g/mol. The smallest absolute Gasteiger partial charge is 0.299 e. The van der Waals surface area contributed by atoms with E-state index in [1.807, 2.05) is 0 Å². The van der Waals surface area contributed by atoms with Crippen molar-refractivity contribution in [1.29, 1.82) is 0 Å². The van der Waals surface area contributed by atoms with E-state index < -0.39 is 15.5 Å². The molecule has 1 aromatic rings. The van der Waals surface area contributed by atoms with Crippen LogP contribution in [-0.4, -0.2) is 23.4 Å². The maximum atomic E-state index is 11.4. The number of hydrogen-bond acceptors (Lipinski definition) is 6. The van der Waals surface area contributed by atoms with Crippen LogP contribution in [0.2, 0.25) is 0 Å². The molecule has 0 aliphatic heterocycles. The average Bonchev–Trinajstić information content (AvgIpc) is 2.86. The molecule has 0 bridgehead atoms. The molecule has 0 aromatic heterocycles. The molecule has 0 fully saturated rings. The van der Waals surface area contributed by atoms with Crippen molar-refractivity contribution in [3.05, 3.63) is 32.4 Å². The first-order valence-electron chi connectivity index (χ1n) is 14.8. The fourth-order valence-corrected chi connectivity index (χ4v) is 4.92. The molecule has 1 rings (SSSR count). The molecule has 1 aromatic carbocycles. The van der Waals surface area contributed by atoms with Gasteiger partial charge in [-0.25, -0.2) is 0 Å². The van der Waals surface area contributed by atoms with Crippen LogP contribution in [-0.2, 0) is 0 Å². The third kappa shape index (κ3) is 14.8. The number of nitrogens with zero attached hydrogens (tertiary/aromatic N) is 3. The van der Waals surface area contributed by atoms with Gasteiger partial charge in [0.15, 0.2) is 0 Å². The SMILES string of the molecule is CCCCCCCCCCCCCCCCCCCCCCN(C)c1cc(N)c([N+](=O)[O-])cc1[N+](=O)[O-]. The molecule has 37 heavy (non-hydrogen) atoms. The van der Waals surface area contributed by atoms with E-state index in [-0.39, 0.29) is 11.4 Å². The van der Waals surface area contributed by atoms with Crippen molar-refractivity contribution in [3.63, 3.8) is 0 Å². The summed E-state index contributed by atoms with van der Waals surface area (Å²) in [6.45, 7) is 2.92. The lowest BCUT2D eigenvalue weighted by atomic mass is 10.0. The minimum absolute atomic E-state index is 0.0547. The van der Waals surface area contributed by atoms with Crippen LogP contribution in [0.15, 0.2) is 12.1 Å². The van der Waals surface area contributed by atoms with Crippen molar-refractivity contribution in [1.82, 2.24) is 0 Å². The number of nitro benzene ring substituents is 2. The second kappa shape index (κ2) is 20.7. The van der Waals surface area contributed by atoms with Gasteiger partial charge in [0.2, 0.25) is 0 Å². The Bertz CT molecular complexity index is 773. The molecule has 0 saturated heterocycles. The highest BCUT2D eigenvalue weighted by Crippen LogP contribution is 2.36. The van der Waals surface area contributed by atoms with Crippen molar-refractivity contribution in [3.8, 4) is 0 Å². The maximum absolute atomic E-state index is 11.4. The summed E-state index contributed by atoms with van der Waals surface area (Å²) in [5, 5.41) is 22.4. The number of nitrogen functional groups attached to an aromatic ring is 1. The number of rotatable bonds is 24. The predicted octanol–water partition coefficient (Wildman–Crippen LogP) is 9.34. The third-order valence-electron chi connectivity index (χ3n) is 7.28. The molecule has 0 atom stereocenters. The standard InChI is InChI=1S/C29H52N4O4/c1-3-4-5-6-7-8-9-10-11-12-13-14-15-16-17-18-19-20-21-22-23-31(2)28-24-26(30)27(32(34)35)25-29(28)33(36)37/h24-25H,3-23,30H2,1-2H3. The lowest BCUT2D eigenvalue weighted by molar-refractivity contribution is -0.393. The summed E-state index contributed by atoms with van der Waals surface area (Å²) < 4.78 is 0. The molecule has 8 heteroatoms. The summed E-state index contributed by atoms with van der Waals surface area (Å²) in [6.07, 6.45) is 26.5. The summed E-state index contributed by atoms with van der Waals surface area (Å²) in [6, 6.07) is 2.30. The van der Waals surface area contributed by atoms with Crippen LogP contribution in [0.25, 0.3) is 0 Å². The molecule has 0 spiro atoms. The first-order chi connectivity index (χ1) is 17.9. The van der Waals surface area contributed by atoms with Crippen LogP contribution in [0.1, 0.15) is 135 Å². The van der Waals surface area contributed by atoms with E-state index in [0.717, 1.165) is 25.3 Å². The zero-order valence-electron chi connectivity index (χ0n) is 23.6. The number of nitrogens with two attached hydrogens (primary N) is 1. The van der Waals surface area contributed by atoms with Crippen LogP contribution in [0, 0.1) is 20.2 Å². The fourth-order valence-electron chi connectivity index (χ4n) is 4.92. The Kier molecular flexibility index (Phi) is 18.2. The molecule has 0 radical (unpaired) electrons. The Morgan fingerprint density at radius 2 is 0.973 bits per heavy atom. The molecule has 0 aliphatic rings. The zero-order valence-corrected chi connectivity index (χ0v) is 23.6. The number of nitro groups is 2. The molecule has 2 N–H and O–H groups in total. The summed E-state index contributed by atoms with van der Waals surface area (Å²) in [5.74, 6) is 0. The summed E-state index contributed by atoms with van der Waals surface area (Å²) in [4.78, 5) is 22.9. The number of anilines is 2. The third-order valence-corrected chi connectivity index (χ3v) is 7.28. The monoisotopic (exact) mass is 520 g/mol. The number of unbranched alkanes of at least 4 members (excludes halogenated alkanes) is 19. The fraction of sp³-hybridized carbons (Fsp3) is 0.793. The molecular weight excluding hydrogens is 468 g/mol. The van der Waals surface area contributed by atoms with E-state index in [1.165, 1.54) is 115 Å². The highest BCUT2D eigenvalue weighted by Gasteiger charge is 2.25. The molecule has 0 saturated carbocycles. The lowest BCUT2D eigenvalue weighted by Gasteiger charge is -2.19. The maximum Gasteiger partial charge on any atom is 0.299 e. The van der Waals surface area contributed by atoms with Gasteiger partial charge in [0, 0.05) is 13.6 Å². The Morgan fingerprint density at radius 1 is 0.622 bits per heavy atom. The van der Waals surface area contributed by atoms with Crippen molar-refractivity contribution in [2.45, 2.75) is 135 Å². The van der Waals surface area contributed by atoms with Gasteiger partial charge in [0.05, 0.1) is 15.9 Å². The molecule has 0 heterocycles. The summed E-state index contributed by atoms with van der Waals surface area (Å²) >= 11 is 0. The van der Waals surface area contributed by atoms with Crippen LogP contribution >= 0.6 is 0 Å². The van der Waals surface area contributed by atoms with Crippen molar-refractivity contribution >= 4 is 22.7 Å². The molecule has 8 nitrogen and oxygen atoms in total. The second-order valence-corrected chi connectivity index (χ2v) is 10.6. The van der Waals surface area contributed by atoms with Gasteiger partial charge < -0.3 is 10.6 Å². The number of benzene rings is 1. The molecule has 212 valence electrons. The minimum atomic E-state index is -0.690. The van der Waals surface area contributed by atoms with Crippen LogP contribution in [0.4, 0.5) is 22.7 Å². The first kappa shape index (κ1) is 32.6. The largest absolute Gasteiger partial charge is 0.393 e. The summed E-state index contributed by atoms with van der Waals surface area (Å²) in [7, 11) is 1.77. The van der Waals surface area contributed by atoms with Crippen molar-refractivity contribution in [2.75, 3.05) is 24.2 Å². The van der Waals surface area contributed by atoms with E-state index in [9.17, 15) is 20.2 Å².